The Labute approximate surface area is 103 Å². The Morgan fingerprint density at radius 1 is 1.47 bits per heavy atom. The van der Waals surface area contributed by atoms with E-state index >= 15 is 0 Å². The number of hydrogen-bond acceptors (Lipinski definition) is 4. The zero-order chi connectivity index (χ0) is 12.1. The van der Waals surface area contributed by atoms with Crippen molar-refractivity contribution in [2.45, 2.75) is 45.6 Å². The Hall–Kier alpha value is -1.16. The number of hydrogen-bond donors (Lipinski definition) is 2. The molecule has 1 aromatic heterocycles. The molecule has 1 aliphatic heterocycles. The molecule has 2 heterocycles. The molecular weight excluding hydrogens is 212 g/mol. The van der Waals surface area contributed by atoms with E-state index in [1.165, 1.54) is 25.8 Å². The fourth-order valence-corrected chi connectivity index (χ4v) is 2.26. The third-order valence-corrected chi connectivity index (χ3v) is 3.18. The number of rotatable bonds is 5. The standard InChI is InChI=1S/C13H22N4/c1-3-12-16-10(2)9-13(17-12)15-8-6-11-5-4-7-14-11/h9,11,14H,3-8H2,1-2H3,(H,15,16,17)/t11-/m1/s1. The molecule has 1 atom stereocenters. The molecule has 0 bridgehead atoms. The van der Waals surface area contributed by atoms with Gasteiger partial charge in [-0.05, 0) is 32.7 Å². The topological polar surface area (TPSA) is 49.8 Å². The predicted molar refractivity (Wildman–Crippen MR) is 70.3 cm³/mol. The van der Waals surface area contributed by atoms with E-state index in [1.807, 2.05) is 13.0 Å². The predicted octanol–water partition coefficient (Wildman–Crippen LogP) is 1.90. The summed E-state index contributed by atoms with van der Waals surface area (Å²) in [7, 11) is 0. The second-order valence-corrected chi connectivity index (χ2v) is 4.67. The van der Waals surface area contributed by atoms with Crippen molar-refractivity contribution in [3.05, 3.63) is 17.6 Å². The molecule has 4 nitrogen and oxygen atoms in total. The van der Waals surface area contributed by atoms with Crippen LogP contribution in [-0.2, 0) is 6.42 Å². The number of nitrogens with one attached hydrogen (secondary N) is 2. The Kier molecular flexibility index (Phi) is 4.31. The van der Waals surface area contributed by atoms with Gasteiger partial charge in [-0.2, -0.15) is 0 Å². The van der Waals surface area contributed by atoms with Gasteiger partial charge in [0.25, 0.3) is 0 Å². The quantitative estimate of drug-likeness (QED) is 0.817. The van der Waals surface area contributed by atoms with Crippen molar-refractivity contribution < 1.29 is 0 Å². The lowest BCUT2D eigenvalue weighted by Gasteiger charge is -2.11. The number of aromatic nitrogens is 2. The molecule has 1 saturated heterocycles. The SMILES string of the molecule is CCc1nc(C)cc(NCC[C@H]2CCCN2)n1. The zero-order valence-electron chi connectivity index (χ0n) is 10.8. The minimum absolute atomic E-state index is 0.691. The van der Waals surface area contributed by atoms with E-state index in [9.17, 15) is 0 Å². The molecule has 1 aliphatic rings. The van der Waals surface area contributed by atoms with Crippen LogP contribution in [0.5, 0.6) is 0 Å². The highest BCUT2D eigenvalue weighted by Crippen LogP contribution is 2.10. The molecule has 2 N–H and O–H groups in total. The van der Waals surface area contributed by atoms with Gasteiger partial charge in [0.2, 0.25) is 0 Å². The molecule has 2 rings (SSSR count). The van der Waals surface area contributed by atoms with E-state index in [1.54, 1.807) is 0 Å². The van der Waals surface area contributed by atoms with Gasteiger partial charge in [-0.25, -0.2) is 9.97 Å². The molecule has 17 heavy (non-hydrogen) atoms. The first-order valence-corrected chi connectivity index (χ1v) is 6.59. The lowest BCUT2D eigenvalue weighted by molar-refractivity contribution is 0.574. The fraction of sp³-hybridized carbons (Fsp3) is 0.692. The van der Waals surface area contributed by atoms with Gasteiger partial charge in [-0.15, -0.1) is 0 Å². The van der Waals surface area contributed by atoms with E-state index in [0.29, 0.717) is 6.04 Å². The van der Waals surface area contributed by atoms with Crippen LogP contribution in [0.4, 0.5) is 5.82 Å². The van der Waals surface area contributed by atoms with Crippen molar-refractivity contribution in [1.29, 1.82) is 0 Å². The molecule has 4 heteroatoms. The molecule has 0 saturated carbocycles. The minimum atomic E-state index is 0.691. The second-order valence-electron chi connectivity index (χ2n) is 4.67. The normalized spacial score (nSPS) is 19.5. The summed E-state index contributed by atoms with van der Waals surface area (Å²) in [6.07, 6.45) is 4.69. The molecule has 1 fully saturated rings. The highest BCUT2D eigenvalue weighted by atomic mass is 15.0. The van der Waals surface area contributed by atoms with Crippen LogP contribution in [0.25, 0.3) is 0 Å². The maximum Gasteiger partial charge on any atom is 0.130 e. The Bertz CT molecular complexity index is 358. The van der Waals surface area contributed by atoms with Crippen molar-refractivity contribution in [2.75, 3.05) is 18.4 Å². The number of aryl methyl sites for hydroxylation is 2. The van der Waals surface area contributed by atoms with Gasteiger partial charge < -0.3 is 10.6 Å². The van der Waals surface area contributed by atoms with Crippen molar-refractivity contribution >= 4 is 5.82 Å². The molecule has 0 aromatic carbocycles. The lowest BCUT2D eigenvalue weighted by atomic mass is 10.1. The molecule has 0 radical (unpaired) electrons. The average Bonchev–Trinajstić information content (AvgIpc) is 2.81. The zero-order valence-corrected chi connectivity index (χ0v) is 10.8. The van der Waals surface area contributed by atoms with E-state index in [-0.39, 0.29) is 0 Å². The summed E-state index contributed by atoms with van der Waals surface area (Å²) in [5.74, 6) is 1.89. The molecule has 0 spiro atoms. The summed E-state index contributed by atoms with van der Waals surface area (Å²) >= 11 is 0. The summed E-state index contributed by atoms with van der Waals surface area (Å²) in [6, 6.07) is 2.71. The highest BCUT2D eigenvalue weighted by molar-refractivity contribution is 5.35. The van der Waals surface area contributed by atoms with Gasteiger partial charge in [0, 0.05) is 30.8 Å². The lowest BCUT2D eigenvalue weighted by Crippen LogP contribution is -2.24. The molecular formula is C13H22N4. The maximum atomic E-state index is 4.47. The summed E-state index contributed by atoms with van der Waals surface area (Å²) in [6.45, 7) is 6.26. The minimum Gasteiger partial charge on any atom is -0.370 e. The van der Waals surface area contributed by atoms with Gasteiger partial charge in [-0.3, -0.25) is 0 Å². The Morgan fingerprint density at radius 2 is 2.35 bits per heavy atom. The first-order chi connectivity index (χ1) is 8.28. The van der Waals surface area contributed by atoms with Crippen molar-refractivity contribution in [3.8, 4) is 0 Å². The molecule has 0 aliphatic carbocycles. The van der Waals surface area contributed by atoms with E-state index in [4.69, 9.17) is 0 Å². The van der Waals surface area contributed by atoms with Crippen molar-refractivity contribution in [1.82, 2.24) is 15.3 Å². The van der Waals surface area contributed by atoms with Gasteiger partial charge in [0.15, 0.2) is 0 Å². The van der Waals surface area contributed by atoms with Crippen LogP contribution in [0, 0.1) is 6.92 Å². The molecule has 94 valence electrons. The van der Waals surface area contributed by atoms with Crippen LogP contribution in [0.15, 0.2) is 6.07 Å². The fourth-order valence-electron chi connectivity index (χ4n) is 2.26. The van der Waals surface area contributed by atoms with Crippen LogP contribution in [0.1, 0.15) is 37.7 Å². The maximum absolute atomic E-state index is 4.47. The number of nitrogens with zero attached hydrogens (tertiary/aromatic N) is 2. The average molecular weight is 234 g/mol. The van der Waals surface area contributed by atoms with Gasteiger partial charge in [-0.1, -0.05) is 6.92 Å². The molecule has 0 amide bonds. The van der Waals surface area contributed by atoms with Crippen LogP contribution >= 0.6 is 0 Å². The van der Waals surface area contributed by atoms with Gasteiger partial charge in [0.05, 0.1) is 0 Å². The third-order valence-electron chi connectivity index (χ3n) is 3.18. The molecule has 1 aromatic rings. The van der Waals surface area contributed by atoms with Crippen LogP contribution in [-0.4, -0.2) is 29.1 Å². The van der Waals surface area contributed by atoms with Crippen LogP contribution in [0.3, 0.4) is 0 Å². The highest BCUT2D eigenvalue weighted by Gasteiger charge is 2.13. The Balaban J connectivity index is 1.83. The third kappa shape index (κ3) is 3.66. The van der Waals surface area contributed by atoms with Gasteiger partial charge in [0.1, 0.15) is 11.6 Å². The summed E-state index contributed by atoms with van der Waals surface area (Å²) in [5.41, 5.74) is 1.04. The Morgan fingerprint density at radius 3 is 3.06 bits per heavy atom. The number of anilines is 1. The largest absolute Gasteiger partial charge is 0.370 e. The summed E-state index contributed by atoms with van der Waals surface area (Å²) in [4.78, 5) is 8.85. The van der Waals surface area contributed by atoms with Crippen molar-refractivity contribution in [3.63, 3.8) is 0 Å². The van der Waals surface area contributed by atoms with E-state index in [2.05, 4.69) is 27.5 Å². The van der Waals surface area contributed by atoms with Crippen LogP contribution in [0.2, 0.25) is 0 Å². The smallest absolute Gasteiger partial charge is 0.130 e. The monoisotopic (exact) mass is 234 g/mol. The second kappa shape index (κ2) is 5.96. The summed E-state index contributed by atoms with van der Waals surface area (Å²) in [5, 5.41) is 6.90. The van der Waals surface area contributed by atoms with E-state index < -0.39 is 0 Å². The van der Waals surface area contributed by atoms with Crippen molar-refractivity contribution in [2.24, 2.45) is 0 Å². The first-order valence-electron chi connectivity index (χ1n) is 6.59. The first kappa shape index (κ1) is 12.3. The van der Waals surface area contributed by atoms with Gasteiger partial charge >= 0.3 is 0 Å². The molecule has 0 unspecified atom stereocenters. The van der Waals surface area contributed by atoms with E-state index in [0.717, 1.165) is 30.3 Å². The van der Waals surface area contributed by atoms with Crippen LogP contribution < -0.4 is 10.6 Å². The summed E-state index contributed by atoms with van der Waals surface area (Å²) < 4.78 is 0.